The minimum Gasteiger partial charge on any atom is -0.351 e. The van der Waals surface area contributed by atoms with Gasteiger partial charge >= 0.3 is 0 Å². The van der Waals surface area contributed by atoms with E-state index in [2.05, 4.69) is 17.1 Å². The molecule has 2 aliphatic rings. The van der Waals surface area contributed by atoms with Crippen LogP contribution in [0.15, 0.2) is 42.5 Å². The molecule has 146 valence electrons. The summed E-state index contributed by atoms with van der Waals surface area (Å²) in [5, 5.41) is 3.59. The summed E-state index contributed by atoms with van der Waals surface area (Å²) < 4.78 is 0. The molecule has 2 amide bonds. The van der Waals surface area contributed by atoms with E-state index >= 15 is 0 Å². The summed E-state index contributed by atoms with van der Waals surface area (Å²) in [5.74, 6) is -0.0763. The molecule has 1 N–H and O–H groups in total. The van der Waals surface area contributed by atoms with Crippen LogP contribution < -0.4 is 10.2 Å². The molecule has 5 nitrogen and oxygen atoms in total. The van der Waals surface area contributed by atoms with Gasteiger partial charge < -0.3 is 15.1 Å². The lowest BCUT2D eigenvalue weighted by atomic mass is 9.97. The fraction of sp³-hybridized carbons (Fsp3) is 0.364. The zero-order chi connectivity index (χ0) is 19.7. The van der Waals surface area contributed by atoms with Crippen molar-refractivity contribution in [2.24, 2.45) is 0 Å². The van der Waals surface area contributed by atoms with Gasteiger partial charge in [-0.05, 0) is 62.1 Å². The zero-order valence-corrected chi connectivity index (χ0v) is 16.7. The Morgan fingerprint density at radius 2 is 2.07 bits per heavy atom. The van der Waals surface area contributed by atoms with Crippen LogP contribution in [-0.2, 0) is 6.54 Å². The van der Waals surface area contributed by atoms with E-state index in [1.807, 2.05) is 29.2 Å². The predicted molar refractivity (Wildman–Crippen MR) is 111 cm³/mol. The van der Waals surface area contributed by atoms with Crippen molar-refractivity contribution in [2.45, 2.75) is 38.9 Å². The van der Waals surface area contributed by atoms with Crippen molar-refractivity contribution in [3.8, 4) is 0 Å². The molecule has 0 bridgehead atoms. The Morgan fingerprint density at radius 1 is 1.21 bits per heavy atom. The molecule has 1 fully saturated rings. The van der Waals surface area contributed by atoms with Gasteiger partial charge in [-0.15, -0.1) is 0 Å². The number of anilines is 1. The second-order valence-electron chi connectivity index (χ2n) is 7.31. The van der Waals surface area contributed by atoms with E-state index in [-0.39, 0.29) is 18.0 Å². The average molecular weight is 398 g/mol. The molecule has 1 unspecified atom stereocenters. The third-order valence-electron chi connectivity index (χ3n) is 5.57. The zero-order valence-electron chi connectivity index (χ0n) is 16.0. The molecule has 28 heavy (non-hydrogen) atoms. The lowest BCUT2D eigenvalue weighted by molar-refractivity contribution is 0.0582. The quantitative estimate of drug-likeness (QED) is 0.846. The Bertz CT molecular complexity index is 914. The van der Waals surface area contributed by atoms with Gasteiger partial charge in [0.25, 0.3) is 11.8 Å². The first-order valence-corrected chi connectivity index (χ1v) is 10.2. The van der Waals surface area contributed by atoms with Crippen molar-refractivity contribution in [1.82, 2.24) is 10.2 Å². The van der Waals surface area contributed by atoms with Gasteiger partial charge in [0, 0.05) is 30.2 Å². The Balaban J connectivity index is 1.57. The van der Waals surface area contributed by atoms with E-state index < -0.39 is 0 Å². The third kappa shape index (κ3) is 3.47. The topological polar surface area (TPSA) is 52.7 Å². The van der Waals surface area contributed by atoms with Crippen LogP contribution in [-0.4, -0.2) is 36.0 Å². The van der Waals surface area contributed by atoms with Crippen LogP contribution in [0.4, 0.5) is 5.69 Å². The molecule has 2 aromatic carbocycles. The number of rotatable bonds is 4. The second-order valence-corrected chi connectivity index (χ2v) is 7.74. The molecule has 4 rings (SSSR count). The molecule has 0 saturated carbocycles. The largest absolute Gasteiger partial charge is 0.351 e. The highest BCUT2D eigenvalue weighted by Gasteiger charge is 2.38. The van der Waals surface area contributed by atoms with Crippen LogP contribution in [0, 0.1) is 0 Å². The van der Waals surface area contributed by atoms with Crippen molar-refractivity contribution in [3.63, 3.8) is 0 Å². The van der Waals surface area contributed by atoms with E-state index in [9.17, 15) is 9.59 Å². The highest BCUT2D eigenvalue weighted by Crippen LogP contribution is 2.35. The molecule has 2 heterocycles. The third-order valence-corrected chi connectivity index (χ3v) is 5.81. The number of benzene rings is 2. The fourth-order valence-corrected chi connectivity index (χ4v) is 4.41. The van der Waals surface area contributed by atoms with Crippen LogP contribution in [0.3, 0.4) is 0 Å². The molecule has 2 aromatic rings. The fourth-order valence-electron chi connectivity index (χ4n) is 4.19. The van der Waals surface area contributed by atoms with Gasteiger partial charge in [-0.2, -0.15) is 0 Å². The number of hydrogen-bond donors (Lipinski definition) is 1. The van der Waals surface area contributed by atoms with Gasteiger partial charge in [0.05, 0.1) is 11.3 Å². The molecule has 1 saturated heterocycles. The Labute approximate surface area is 170 Å². The Kier molecular flexibility index (Phi) is 5.27. The molecule has 1 atom stereocenters. The van der Waals surface area contributed by atoms with E-state index in [1.54, 1.807) is 18.2 Å². The van der Waals surface area contributed by atoms with E-state index in [0.29, 0.717) is 22.7 Å². The van der Waals surface area contributed by atoms with Gasteiger partial charge in [-0.1, -0.05) is 23.7 Å². The standard InChI is InChI=1S/C22H24ClN3O2/c1-2-25-19-13-16(21(27)24-14-15-6-5-7-17(23)12-15)9-10-18(19)22(28)26-11-4-3-8-20(25)26/h5-7,9-10,12-13,20H,2-4,8,11,14H2,1H3,(H,24,27). The van der Waals surface area contributed by atoms with Crippen LogP contribution >= 0.6 is 11.6 Å². The first-order valence-electron chi connectivity index (χ1n) is 9.83. The van der Waals surface area contributed by atoms with Crippen LogP contribution in [0.5, 0.6) is 0 Å². The minimum absolute atomic E-state index is 0.0790. The summed E-state index contributed by atoms with van der Waals surface area (Å²) in [6, 6.07) is 12.8. The monoisotopic (exact) mass is 397 g/mol. The average Bonchev–Trinajstić information content (AvgIpc) is 2.72. The molecular weight excluding hydrogens is 374 g/mol. The maximum absolute atomic E-state index is 12.9. The molecule has 0 aliphatic carbocycles. The number of nitrogens with zero attached hydrogens (tertiary/aromatic N) is 2. The van der Waals surface area contributed by atoms with Crippen LogP contribution in [0.2, 0.25) is 5.02 Å². The smallest absolute Gasteiger partial charge is 0.257 e. The molecule has 0 radical (unpaired) electrons. The summed E-state index contributed by atoms with van der Waals surface area (Å²) in [6.45, 7) is 4.11. The number of piperidine rings is 1. The van der Waals surface area contributed by atoms with Gasteiger partial charge in [0.1, 0.15) is 6.17 Å². The molecule has 2 aliphatic heterocycles. The van der Waals surface area contributed by atoms with Crippen molar-refractivity contribution < 1.29 is 9.59 Å². The van der Waals surface area contributed by atoms with Crippen molar-refractivity contribution in [1.29, 1.82) is 0 Å². The summed E-state index contributed by atoms with van der Waals surface area (Å²) in [5.41, 5.74) is 3.07. The lowest BCUT2D eigenvalue weighted by Crippen LogP contribution is -2.57. The SMILES string of the molecule is CCN1c2cc(C(=O)NCc3cccc(Cl)c3)ccc2C(=O)N2CCCCC21. The molecular formula is C22H24ClN3O2. The first kappa shape index (κ1) is 18.8. The normalized spacial score (nSPS) is 18.5. The summed E-state index contributed by atoms with van der Waals surface area (Å²) in [7, 11) is 0. The summed E-state index contributed by atoms with van der Waals surface area (Å²) in [4.78, 5) is 29.8. The molecule has 0 aromatic heterocycles. The van der Waals surface area contributed by atoms with Crippen LogP contribution in [0.25, 0.3) is 0 Å². The summed E-state index contributed by atoms with van der Waals surface area (Å²) >= 11 is 6.00. The van der Waals surface area contributed by atoms with Crippen LogP contribution in [0.1, 0.15) is 52.5 Å². The minimum atomic E-state index is -0.155. The number of carbonyl (C=O) groups is 2. The predicted octanol–water partition coefficient (Wildman–Crippen LogP) is 4.06. The van der Waals surface area contributed by atoms with E-state index in [4.69, 9.17) is 11.6 Å². The molecule has 6 heteroatoms. The van der Waals surface area contributed by atoms with Gasteiger partial charge in [-0.3, -0.25) is 9.59 Å². The number of hydrogen-bond acceptors (Lipinski definition) is 3. The Morgan fingerprint density at radius 3 is 2.86 bits per heavy atom. The number of carbonyl (C=O) groups excluding carboxylic acids is 2. The highest BCUT2D eigenvalue weighted by atomic mass is 35.5. The lowest BCUT2D eigenvalue weighted by Gasteiger charge is -2.47. The van der Waals surface area contributed by atoms with Gasteiger partial charge in [-0.25, -0.2) is 0 Å². The number of fused-ring (bicyclic) bond motifs is 2. The van der Waals surface area contributed by atoms with E-state index in [0.717, 1.165) is 43.6 Å². The maximum Gasteiger partial charge on any atom is 0.257 e. The Hall–Kier alpha value is -2.53. The van der Waals surface area contributed by atoms with Gasteiger partial charge in [0.2, 0.25) is 0 Å². The number of nitrogens with one attached hydrogen (secondary N) is 1. The van der Waals surface area contributed by atoms with E-state index in [1.165, 1.54) is 0 Å². The second kappa shape index (κ2) is 7.84. The number of halogens is 1. The maximum atomic E-state index is 12.9. The molecule has 0 spiro atoms. The first-order chi connectivity index (χ1) is 13.6. The highest BCUT2D eigenvalue weighted by molar-refractivity contribution is 6.30. The summed E-state index contributed by atoms with van der Waals surface area (Å²) in [6.07, 6.45) is 3.26. The van der Waals surface area contributed by atoms with Crippen molar-refractivity contribution in [2.75, 3.05) is 18.0 Å². The number of amides is 2. The van der Waals surface area contributed by atoms with Gasteiger partial charge in [0.15, 0.2) is 0 Å². The van der Waals surface area contributed by atoms with Crippen molar-refractivity contribution >= 4 is 29.1 Å². The van der Waals surface area contributed by atoms with Crippen molar-refractivity contribution in [3.05, 3.63) is 64.2 Å².